The van der Waals surface area contributed by atoms with Gasteiger partial charge < -0.3 is 14.8 Å². The molecule has 1 aliphatic heterocycles. The van der Waals surface area contributed by atoms with Gasteiger partial charge in [0.2, 0.25) is 0 Å². The highest BCUT2D eigenvalue weighted by molar-refractivity contribution is 7.98. The third-order valence-corrected chi connectivity index (χ3v) is 5.21. The van der Waals surface area contributed by atoms with E-state index in [1.54, 1.807) is 11.8 Å². The predicted molar refractivity (Wildman–Crippen MR) is 96.1 cm³/mol. The number of aryl methyl sites for hydroxylation is 1. The zero-order valence-electron chi connectivity index (χ0n) is 13.9. The lowest BCUT2D eigenvalue weighted by atomic mass is 10.1. The standard InChI is InChI=1S/C18H23N3OS/c1-4-16-17-9-8-13(2)20(17)10-11-21(16)18(22)19-14-6-5-7-15(12-14)23-3/h5-9,12,16H,4,10-11H2,1-3H3,(H,19,22). The molecule has 1 aromatic heterocycles. The Hall–Kier alpha value is -1.88. The quantitative estimate of drug-likeness (QED) is 0.841. The average Bonchev–Trinajstić information content (AvgIpc) is 2.95. The zero-order valence-corrected chi connectivity index (χ0v) is 14.7. The van der Waals surface area contributed by atoms with Crippen molar-refractivity contribution in [3.63, 3.8) is 0 Å². The summed E-state index contributed by atoms with van der Waals surface area (Å²) in [5.74, 6) is 0. The van der Waals surface area contributed by atoms with Crippen molar-refractivity contribution in [3.8, 4) is 0 Å². The number of nitrogens with one attached hydrogen (secondary N) is 1. The van der Waals surface area contributed by atoms with Crippen LogP contribution in [0.4, 0.5) is 10.5 Å². The van der Waals surface area contributed by atoms with Gasteiger partial charge in [0.1, 0.15) is 0 Å². The van der Waals surface area contributed by atoms with Crippen LogP contribution < -0.4 is 5.32 Å². The van der Waals surface area contributed by atoms with Gasteiger partial charge >= 0.3 is 6.03 Å². The number of benzene rings is 1. The molecule has 0 radical (unpaired) electrons. The second-order valence-corrected chi connectivity index (χ2v) is 6.71. The molecule has 1 unspecified atom stereocenters. The molecule has 5 heteroatoms. The molecular weight excluding hydrogens is 306 g/mol. The van der Waals surface area contributed by atoms with E-state index >= 15 is 0 Å². The molecule has 0 spiro atoms. The van der Waals surface area contributed by atoms with Crippen molar-refractivity contribution in [1.29, 1.82) is 0 Å². The number of hydrogen-bond acceptors (Lipinski definition) is 2. The first-order valence-corrected chi connectivity index (χ1v) is 9.24. The van der Waals surface area contributed by atoms with Crippen LogP contribution in [-0.4, -0.2) is 28.3 Å². The summed E-state index contributed by atoms with van der Waals surface area (Å²) in [7, 11) is 0. The molecule has 122 valence electrons. The van der Waals surface area contributed by atoms with E-state index in [-0.39, 0.29) is 12.1 Å². The van der Waals surface area contributed by atoms with Gasteiger partial charge in [0.05, 0.1) is 6.04 Å². The van der Waals surface area contributed by atoms with Gasteiger partial charge in [-0.2, -0.15) is 0 Å². The van der Waals surface area contributed by atoms with Gasteiger partial charge in [0.15, 0.2) is 0 Å². The number of carbonyl (C=O) groups is 1. The summed E-state index contributed by atoms with van der Waals surface area (Å²) >= 11 is 1.68. The fourth-order valence-corrected chi connectivity index (χ4v) is 3.74. The Kier molecular flexibility index (Phi) is 4.66. The Bertz CT molecular complexity index is 710. The minimum atomic E-state index is -0.0137. The van der Waals surface area contributed by atoms with Crippen LogP contribution in [0, 0.1) is 6.92 Å². The molecule has 0 saturated carbocycles. The number of anilines is 1. The van der Waals surface area contributed by atoms with E-state index in [0.717, 1.165) is 30.1 Å². The zero-order chi connectivity index (χ0) is 16.4. The Morgan fingerprint density at radius 3 is 2.87 bits per heavy atom. The molecule has 0 saturated heterocycles. The number of urea groups is 1. The van der Waals surface area contributed by atoms with Crippen LogP contribution in [0.3, 0.4) is 0 Å². The monoisotopic (exact) mass is 329 g/mol. The molecule has 3 rings (SSSR count). The van der Waals surface area contributed by atoms with Crippen molar-refractivity contribution in [2.45, 2.75) is 37.8 Å². The van der Waals surface area contributed by atoms with E-state index in [1.807, 2.05) is 35.4 Å². The second-order valence-electron chi connectivity index (χ2n) is 5.83. The van der Waals surface area contributed by atoms with E-state index in [9.17, 15) is 4.79 Å². The number of hydrogen-bond donors (Lipinski definition) is 1. The molecule has 0 aliphatic carbocycles. The highest BCUT2D eigenvalue weighted by atomic mass is 32.2. The first-order valence-electron chi connectivity index (χ1n) is 8.01. The summed E-state index contributed by atoms with van der Waals surface area (Å²) < 4.78 is 2.33. The Morgan fingerprint density at radius 1 is 1.30 bits per heavy atom. The summed E-state index contributed by atoms with van der Waals surface area (Å²) in [6.45, 7) is 5.87. The number of amides is 2. The molecule has 1 atom stereocenters. The average molecular weight is 329 g/mol. The first-order chi connectivity index (χ1) is 11.1. The van der Waals surface area contributed by atoms with E-state index in [1.165, 1.54) is 11.4 Å². The Morgan fingerprint density at radius 2 is 2.13 bits per heavy atom. The largest absolute Gasteiger partial charge is 0.345 e. The third-order valence-electron chi connectivity index (χ3n) is 4.48. The number of rotatable bonds is 3. The highest BCUT2D eigenvalue weighted by Gasteiger charge is 2.30. The fraction of sp³-hybridized carbons (Fsp3) is 0.389. The molecule has 2 aromatic rings. The van der Waals surface area contributed by atoms with Crippen LogP contribution in [0.15, 0.2) is 41.3 Å². The predicted octanol–water partition coefficient (Wildman–Crippen LogP) is 4.52. The molecule has 1 N–H and O–H groups in total. The van der Waals surface area contributed by atoms with Gasteiger partial charge in [-0.25, -0.2) is 4.79 Å². The van der Waals surface area contributed by atoms with Crippen LogP contribution in [0.5, 0.6) is 0 Å². The molecule has 0 fully saturated rings. The third kappa shape index (κ3) is 3.11. The van der Waals surface area contributed by atoms with Crippen LogP contribution in [0.2, 0.25) is 0 Å². The van der Waals surface area contributed by atoms with Crippen LogP contribution in [0.25, 0.3) is 0 Å². The van der Waals surface area contributed by atoms with Crippen molar-refractivity contribution in [1.82, 2.24) is 9.47 Å². The summed E-state index contributed by atoms with van der Waals surface area (Å²) in [5, 5.41) is 3.05. The van der Waals surface area contributed by atoms with E-state index in [0.29, 0.717) is 0 Å². The number of nitrogens with zero attached hydrogens (tertiary/aromatic N) is 2. The minimum absolute atomic E-state index is 0.0137. The van der Waals surface area contributed by atoms with Crippen LogP contribution >= 0.6 is 11.8 Å². The minimum Gasteiger partial charge on any atom is -0.345 e. The summed E-state index contributed by atoms with van der Waals surface area (Å²) in [4.78, 5) is 15.9. The smallest absolute Gasteiger partial charge is 0.322 e. The normalized spacial score (nSPS) is 17.0. The topological polar surface area (TPSA) is 37.3 Å². The van der Waals surface area contributed by atoms with E-state index < -0.39 is 0 Å². The van der Waals surface area contributed by atoms with E-state index in [4.69, 9.17) is 0 Å². The number of carbonyl (C=O) groups excluding carboxylic acids is 1. The van der Waals surface area contributed by atoms with Gasteiger partial charge in [-0.05, 0) is 49.9 Å². The lowest BCUT2D eigenvalue weighted by molar-refractivity contribution is 0.165. The summed E-state index contributed by atoms with van der Waals surface area (Å²) in [6.07, 6.45) is 2.96. The Balaban J connectivity index is 1.79. The van der Waals surface area contributed by atoms with Crippen LogP contribution in [-0.2, 0) is 6.54 Å². The molecule has 0 bridgehead atoms. The van der Waals surface area contributed by atoms with Crippen molar-refractivity contribution < 1.29 is 4.79 Å². The number of thioether (sulfide) groups is 1. The molecule has 4 nitrogen and oxygen atoms in total. The van der Waals surface area contributed by atoms with E-state index in [2.05, 4.69) is 35.9 Å². The number of fused-ring (bicyclic) bond motifs is 1. The summed E-state index contributed by atoms with van der Waals surface area (Å²) in [5.41, 5.74) is 3.37. The lowest BCUT2D eigenvalue weighted by Crippen LogP contribution is -2.44. The van der Waals surface area contributed by atoms with Gasteiger partial charge in [0.25, 0.3) is 0 Å². The lowest BCUT2D eigenvalue weighted by Gasteiger charge is -2.37. The molecule has 2 amide bonds. The fourth-order valence-electron chi connectivity index (χ4n) is 3.28. The molecule has 23 heavy (non-hydrogen) atoms. The molecule has 2 heterocycles. The molecule has 1 aromatic carbocycles. The second kappa shape index (κ2) is 6.71. The summed E-state index contributed by atoms with van der Waals surface area (Å²) in [6, 6.07) is 12.4. The molecule has 1 aliphatic rings. The van der Waals surface area contributed by atoms with Gasteiger partial charge in [0, 0.05) is 35.1 Å². The highest BCUT2D eigenvalue weighted by Crippen LogP contribution is 2.31. The van der Waals surface area contributed by atoms with Crippen molar-refractivity contribution in [2.24, 2.45) is 0 Å². The maximum Gasteiger partial charge on any atom is 0.322 e. The van der Waals surface area contributed by atoms with Crippen LogP contribution in [0.1, 0.15) is 30.8 Å². The van der Waals surface area contributed by atoms with Crippen molar-refractivity contribution in [3.05, 3.63) is 47.8 Å². The van der Waals surface area contributed by atoms with Gasteiger partial charge in [-0.3, -0.25) is 0 Å². The van der Waals surface area contributed by atoms with Crippen molar-refractivity contribution >= 4 is 23.5 Å². The Labute approximate surface area is 141 Å². The maximum absolute atomic E-state index is 12.8. The van der Waals surface area contributed by atoms with Gasteiger partial charge in [-0.1, -0.05) is 13.0 Å². The number of aromatic nitrogens is 1. The van der Waals surface area contributed by atoms with Gasteiger partial charge in [-0.15, -0.1) is 11.8 Å². The van der Waals surface area contributed by atoms with Crippen molar-refractivity contribution in [2.75, 3.05) is 18.1 Å². The SMILES string of the molecule is CCC1c2ccc(C)n2CCN1C(=O)Nc1cccc(SC)c1. The molecular formula is C18H23N3OS. The maximum atomic E-state index is 12.8. The first kappa shape index (κ1) is 16.0.